The zero-order chi connectivity index (χ0) is 19.7. The molecule has 1 aromatic rings. The van der Waals surface area contributed by atoms with Gasteiger partial charge in [-0.05, 0) is 61.7 Å². The van der Waals surface area contributed by atoms with Gasteiger partial charge in [-0.2, -0.15) is 5.10 Å². The first kappa shape index (κ1) is 19.1. The number of aromatic nitrogens is 2. The van der Waals surface area contributed by atoms with Gasteiger partial charge in [0, 0.05) is 38.7 Å². The van der Waals surface area contributed by atoms with Crippen LogP contribution in [0.2, 0.25) is 0 Å². The summed E-state index contributed by atoms with van der Waals surface area (Å²) in [6, 6.07) is 2.02. The van der Waals surface area contributed by atoms with Crippen molar-refractivity contribution in [2.75, 3.05) is 49.6 Å². The van der Waals surface area contributed by atoms with Crippen molar-refractivity contribution in [3.05, 3.63) is 12.3 Å². The van der Waals surface area contributed by atoms with Crippen molar-refractivity contribution in [3.8, 4) is 0 Å². The van der Waals surface area contributed by atoms with Crippen molar-refractivity contribution in [1.82, 2.24) is 15.5 Å². The monoisotopic (exact) mass is 399 g/mol. The third kappa shape index (κ3) is 4.34. The van der Waals surface area contributed by atoms with Gasteiger partial charge in [-0.1, -0.05) is 0 Å². The molecule has 5 aliphatic rings. The molecular formula is C22H33N5O2. The quantitative estimate of drug-likeness (QED) is 0.686. The van der Waals surface area contributed by atoms with Gasteiger partial charge in [0.2, 0.25) is 5.91 Å². The molecule has 2 N–H and O–H groups in total. The van der Waals surface area contributed by atoms with Crippen LogP contribution in [-0.4, -0.2) is 55.5 Å². The predicted molar refractivity (Wildman–Crippen MR) is 112 cm³/mol. The van der Waals surface area contributed by atoms with Crippen LogP contribution < -0.4 is 15.5 Å². The smallest absolute Gasteiger partial charge is 0.220 e. The van der Waals surface area contributed by atoms with Crippen LogP contribution in [0.5, 0.6) is 0 Å². The lowest BCUT2D eigenvalue weighted by Gasteiger charge is -2.56. The first-order valence-electron chi connectivity index (χ1n) is 11.3. The standard InChI is InChI=1S/C22H33N5O2/c28-21(14-22-11-16-7-17(12-22)9-18(8-16)13-22)24-2-1-23-20-10-19(15-25-26-20)27-3-5-29-6-4-27/h10,15-18H,1-9,11-14H2,(H,23,26)(H,24,28). The Kier molecular flexibility index (Phi) is 5.33. The van der Waals surface area contributed by atoms with E-state index in [0.717, 1.165) is 62.0 Å². The second-order valence-corrected chi connectivity index (χ2v) is 9.77. The van der Waals surface area contributed by atoms with Gasteiger partial charge < -0.3 is 20.3 Å². The fourth-order valence-corrected chi connectivity index (χ4v) is 6.74. The number of nitrogens with one attached hydrogen (secondary N) is 2. The van der Waals surface area contributed by atoms with E-state index in [9.17, 15) is 4.79 Å². The molecule has 1 aromatic heterocycles. The zero-order valence-electron chi connectivity index (χ0n) is 17.2. The van der Waals surface area contributed by atoms with E-state index in [-0.39, 0.29) is 5.91 Å². The molecule has 1 aliphatic heterocycles. The molecule has 0 aromatic carbocycles. The lowest BCUT2D eigenvalue weighted by molar-refractivity contribution is -0.129. The molecule has 4 bridgehead atoms. The Morgan fingerprint density at radius 1 is 1.10 bits per heavy atom. The van der Waals surface area contributed by atoms with Crippen LogP contribution in [0.1, 0.15) is 44.9 Å². The molecule has 5 fully saturated rings. The van der Waals surface area contributed by atoms with Crippen molar-refractivity contribution in [2.45, 2.75) is 44.9 Å². The number of morpholine rings is 1. The highest BCUT2D eigenvalue weighted by Crippen LogP contribution is 2.61. The van der Waals surface area contributed by atoms with Gasteiger partial charge in [0.05, 0.1) is 25.1 Å². The number of amides is 1. The minimum atomic E-state index is 0.224. The number of nitrogens with zero attached hydrogens (tertiary/aromatic N) is 3. The van der Waals surface area contributed by atoms with Crippen molar-refractivity contribution < 1.29 is 9.53 Å². The Bertz CT molecular complexity index is 698. The highest BCUT2D eigenvalue weighted by Gasteiger charge is 2.51. The lowest BCUT2D eigenvalue weighted by Crippen LogP contribution is -2.48. The van der Waals surface area contributed by atoms with E-state index < -0.39 is 0 Å². The van der Waals surface area contributed by atoms with E-state index in [1.807, 2.05) is 6.07 Å². The Hall–Kier alpha value is -1.89. The average Bonchev–Trinajstić information content (AvgIpc) is 2.71. The van der Waals surface area contributed by atoms with Crippen LogP contribution in [0.4, 0.5) is 11.5 Å². The van der Waals surface area contributed by atoms with E-state index in [1.54, 1.807) is 6.20 Å². The Morgan fingerprint density at radius 3 is 2.48 bits per heavy atom. The summed E-state index contributed by atoms with van der Waals surface area (Å²) in [5.74, 6) is 3.67. The van der Waals surface area contributed by atoms with Gasteiger partial charge in [0.15, 0.2) is 5.82 Å². The molecule has 29 heavy (non-hydrogen) atoms. The molecule has 4 saturated carbocycles. The number of hydrogen-bond donors (Lipinski definition) is 2. The van der Waals surface area contributed by atoms with E-state index in [0.29, 0.717) is 18.5 Å². The van der Waals surface area contributed by atoms with Crippen molar-refractivity contribution in [3.63, 3.8) is 0 Å². The summed E-state index contributed by atoms with van der Waals surface area (Å²) >= 11 is 0. The van der Waals surface area contributed by atoms with Gasteiger partial charge in [-0.25, -0.2) is 0 Å². The summed E-state index contributed by atoms with van der Waals surface area (Å²) in [5.41, 5.74) is 1.38. The second-order valence-electron chi connectivity index (χ2n) is 9.77. The Labute approximate surface area is 173 Å². The molecular weight excluding hydrogens is 366 g/mol. The molecule has 0 atom stereocenters. The molecule has 1 saturated heterocycles. The van der Waals surface area contributed by atoms with Gasteiger partial charge in [0.1, 0.15) is 0 Å². The SMILES string of the molecule is O=C(CC12CC3CC(CC(C3)C1)C2)NCCNc1cc(N2CCOCC2)cnn1. The fraction of sp³-hybridized carbons (Fsp3) is 0.773. The van der Waals surface area contributed by atoms with Gasteiger partial charge in [0.25, 0.3) is 0 Å². The maximum atomic E-state index is 12.6. The largest absolute Gasteiger partial charge is 0.378 e. The van der Waals surface area contributed by atoms with E-state index >= 15 is 0 Å². The van der Waals surface area contributed by atoms with E-state index in [1.165, 1.54) is 38.5 Å². The number of ether oxygens (including phenoxy) is 1. The van der Waals surface area contributed by atoms with Gasteiger partial charge >= 0.3 is 0 Å². The maximum Gasteiger partial charge on any atom is 0.220 e. The summed E-state index contributed by atoms with van der Waals surface area (Å²) in [5, 5.41) is 14.7. The van der Waals surface area contributed by atoms with Crippen molar-refractivity contribution in [2.24, 2.45) is 23.2 Å². The number of carbonyl (C=O) groups excluding carboxylic acids is 1. The van der Waals surface area contributed by atoms with E-state index in [4.69, 9.17) is 4.74 Å². The maximum absolute atomic E-state index is 12.6. The van der Waals surface area contributed by atoms with Crippen LogP contribution in [-0.2, 0) is 9.53 Å². The number of anilines is 2. The molecule has 158 valence electrons. The Balaban J connectivity index is 1.07. The molecule has 4 aliphatic carbocycles. The zero-order valence-corrected chi connectivity index (χ0v) is 17.2. The lowest BCUT2D eigenvalue weighted by atomic mass is 9.49. The summed E-state index contributed by atoms with van der Waals surface area (Å²) in [7, 11) is 0. The summed E-state index contributed by atoms with van der Waals surface area (Å²) in [6.45, 7) is 4.54. The van der Waals surface area contributed by atoms with Crippen LogP contribution in [0.3, 0.4) is 0 Å². The van der Waals surface area contributed by atoms with Crippen LogP contribution in [0.25, 0.3) is 0 Å². The third-order valence-corrected chi connectivity index (χ3v) is 7.47. The summed E-state index contributed by atoms with van der Waals surface area (Å²) in [6.07, 6.45) is 10.7. The second kappa shape index (κ2) is 8.09. The van der Waals surface area contributed by atoms with Crippen LogP contribution >= 0.6 is 0 Å². The summed E-state index contributed by atoms with van der Waals surface area (Å²) in [4.78, 5) is 14.9. The number of carbonyl (C=O) groups is 1. The molecule has 2 heterocycles. The minimum absolute atomic E-state index is 0.224. The number of hydrogen-bond acceptors (Lipinski definition) is 6. The highest BCUT2D eigenvalue weighted by atomic mass is 16.5. The van der Waals surface area contributed by atoms with Crippen molar-refractivity contribution >= 4 is 17.4 Å². The first-order valence-corrected chi connectivity index (χ1v) is 11.3. The molecule has 0 spiro atoms. The minimum Gasteiger partial charge on any atom is -0.378 e. The average molecular weight is 400 g/mol. The van der Waals surface area contributed by atoms with Crippen LogP contribution in [0.15, 0.2) is 12.3 Å². The summed E-state index contributed by atoms with van der Waals surface area (Å²) < 4.78 is 5.41. The topological polar surface area (TPSA) is 79.4 Å². The highest BCUT2D eigenvalue weighted by molar-refractivity contribution is 5.76. The first-order chi connectivity index (χ1) is 14.2. The molecule has 0 unspecified atom stereocenters. The number of rotatable bonds is 7. The molecule has 7 nitrogen and oxygen atoms in total. The predicted octanol–water partition coefficient (Wildman–Crippen LogP) is 2.45. The van der Waals surface area contributed by atoms with E-state index in [2.05, 4.69) is 25.7 Å². The molecule has 7 heteroatoms. The molecule has 6 rings (SSSR count). The van der Waals surface area contributed by atoms with Gasteiger partial charge in [-0.3, -0.25) is 4.79 Å². The normalized spacial score (nSPS) is 33.0. The Morgan fingerprint density at radius 2 is 1.79 bits per heavy atom. The third-order valence-electron chi connectivity index (χ3n) is 7.47. The van der Waals surface area contributed by atoms with Crippen LogP contribution in [0, 0.1) is 23.2 Å². The molecule has 1 amide bonds. The fourth-order valence-electron chi connectivity index (χ4n) is 6.74. The molecule has 0 radical (unpaired) electrons. The van der Waals surface area contributed by atoms with Crippen molar-refractivity contribution in [1.29, 1.82) is 0 Å². The van der Waals surface area contributed by atoms with Gasteiger partial charge in [-0.15, -0.1) is 5.10 Å².